The summed E-state index contributed by atoms with van der Waals surface area (Å²) in [5.41, 5.74) is 1.52. The number of quaternary nitrogens is 1. The van der Waals surface area contributed by atoms with Crippen LogP contribution in [-0.4, -0.2) is 56.0 Å². The summed E-state index contributed by atoms with van der Waals surface area (Å²) < 4.78 is 5.37. The Morgan fingerprint density at radius 1 is 1.03 bits per heavy atom. The maximum Gasteiger partial charge on any atom is 0.314 e. The van der Waals surface area contributed by atoms with Gasteiger partial charge >= 0.3 is 6.19 Å². The Labute approximate surface area is 169 Å². The van der Waals surface area contributed by atoms with Gasteiger partial charge in [0.05, 0.1) is 38.3 Å². The molecule has 2 heterocycles. The van der Waals surface area contributed by atoms with Gasteiger partial charge < -0.3 is 4.74 Å². The molecule has 0 bridgehead atoms. The molecule has 0 N–H and O–H groups in total. The Morgan fingerprint density at radius 2 is 1.69 bits per heavy atom. The van der Waals surface area contributed by atoms with E-state index in [9.17, 15) is 14.9 Å². The normalized spacial score (nSPS) is 21.8. The first kappa shape index (κ1) is 19.1. The third-order valence-corrected chi connectivity index (χ3v) is 5.87. The number of methoxy groups -OCH3 is 1. The van der Waals surface area contributed by atoms with Crippen LogP contribution in [0.15, 0.2) is 54.6 Å². The van der Waals surface area contributed by atoms with Crippen LogP contribution in [0, 0.1) is 11.5 Å². The molecule has 7 nitrogen and oxygen atoms in total. The molecule has 0 aromatic heterocycles. The molecule has 2 fully saturated rings. The highest BCUT2D eigenvalue weighted by Crippen LogP contribution is 2.30. The Balaban J connectivity index is 1.48. The molecular weight excluding hydrogens is 368 g/mol. The SMILES string of the molecule is COc1ccc(N2C(=O)CC(N3CC[N+](C#N)(c4ccccc4)CC3)C2=O)cc1. The highest BCUT2D eigenvalue weighted by Gasteiger charge is 2.46. The molecular formula is C22H23N4O3+. The van der Waals surface area contributed by atoms with Crippen LogP contribution in [0.2, 0.25) is 0 Å². The van der Waals surface area contributed by atoms with Crippen LogP contribution < -0.4 is 14.1 Å². The van der Waals surface area contributed by atoms with Crippen molar-refractivity contribution in [2.24, 2.45) is 0 Å². The molecule has 1 unspecified atom stereocenters. The molecule has 0 spiro atoms. The molecule has 148 valence electrons. The number of anilines is 1. The van der Waals surface area contributed by atoms with Crippen molar-refractivity contribution in [3.8, 4) is 11.9 Å². The summed E-state index contributed by atoms with van der Waals surface area (Å²) >= 11 is 0. The molecule has 2 aliphatic heterocycles. The van der Waals surface area contributed by atoms with E-state index in [4.69, 9.17) is 4.74 Å². The van der Waals surface area contributed by atoms with Crippen molar-refractivity contribution < 1.29 is 14.3 Å². The van der Waals surface area contributed by atoms with Gasteiger partial charge in [-0.25, -0.2) is 4.90 Å². The van der Waals surface area contributed by atoms with E-state index >= 15 is 0 Å². The van der Waals surface area contributed by atoms with Crippen LogP contribution in [0.5, 0.6) is 5.75 Å². The highest BCUT2D eigenvalue weighted by molar-refractivity contribution is 6.22. The Bertz CT molecular complexity index is 944. The van der Waals surface area contributed by atoms with E-state index in [0.717, 1.165) is 5.69 Å². The van der Waals surface area contributed by atoms with Gasteiger partial charge in [-0.3, -0.25) is 14.5 Å². The lowest BCUT2D eigenvalue weighted by atomic mass is 10.1. The van der Waals surface area contributed by atoms with Gasteiger partial charge in [0.15, 0.2) is 0 Å². The maximum absolute atomic E-state index is 13.0. The standard InChI is InChI=1S/C22H23N4O3/c1-29-19-9-7-17(8-10-19)25-21(27)15-20(22(25)28)24-11-13-26(16-23,14-12-24)18-5-3-2-4-6-18/h2-10,20H,11-15H2,1H3/q+1. The van der Waals surface area contributed by atoms with Crippen LogP contribution in [0.4, 0.5) is 11.4 Å². The molecule has 2 aromatic rings. The molecule has 2 saturated heterocycles. The highest BCUT2D eigenvalue weighted by atomic mass is 16.5. The van der Waals surface area contributed by atoms with Crippen LogP contribution in [-0.2, 0) is 9.59 Å². The molecule has 2 aliphatic rings. The third-order valence-electron chi connectivity index (χ3n) is 5.87. The molecule has 29 heavy (non-hydrogen) atoms. The van der Waals surface area contributed by atoms with Crippen LogP contribution in [0.1, 0.15) is 6.42 Å². The van der Waals surface area contributed by atoms with Crippen LogP contribution >= 0.6 is 0 Å². The molecule has 1 atom stereocenters. The van der Waals surface area contributed by atoms with Gasteiger partial charge in [-0.15, -0.1) is 5.26 Å². The number of nitriles is 1. The Hall–Kier alpha value is -3.21. The van der Waals surface area contributed by atoms with E-state index in [-0.39, 0.29) is 22.7 Å². The number of ether oxygens (including phenoxy) is 1. The van der Waals surface area contributed by atoms with Gasteiger partial charge in [0.25, 0.3) is 5.91 Å². The lowest BCUT2D eigenvalue weighted by Gasteiger charge is -2.39. The fourth-order valence-corrected chi connectivity index (χ4v) is 4.17. The van der Waals surface area contributed by atoms with E-state index in [1.54, 1.807) is 31.4 Å². The number of nitrogens with zero attached hydrogens (tertiary/aromatic N) is 4. The number of carbonyl (C=O) groups excluding carboxylic acids is 2. The predicted octanol–water partition coefficient (Wildman–Crippen LogP) is 2.13. The summed E-state index contributed by atoms with van der Waals surface area (Å²) in [7, 11) is 1.57. The molecule has 0 saturated carbocycles. The number of benzene rings is 2. The number of carbonyl (C=O) groups is 2. The minimum atomic E-state index is -0.471. The van der Waals surface area contributed by atoms with E-state index in [2.05, 4.69) is 6.19 Å². The summed E-state index contributed by atoms with van der Waals surface area (Å²) in [6.45, 7) is 2.34. The number of hydrogen-bond acceptors (Lipinski definition) is 5. The van der Waals surface area contributed by atoms with Crippen LogP contribution in [0.25, 0.3) is 0 Å². The Morgan fingerprint density at radius 3 is 2.28 bits per heavy atom. The molecule has 0 aliphatic carbocycles. The van der Waals surface area contributed by atoms with Gasteiger partial charge in [-0.1, -0.05) is 18.2 Å². The van der Waals surface area contributed by atoms with Crippen molar-refractivity contribution in [3.05, 3.63) is 54.6 Å². The van der Waals surface area contributed by atoms with Crippen molar-refractivity contribution in [3.63, 3.8) is 0 Å². The zero-order valence-electron chi connectivity index (χ0n) is 16.3. The first-order valence-electron chi connectivity index (χ1n) is 9.67. The van der Waals surface area contributed by atoms with Crippen molar-refractivity contribution >= 4 is 23.2 Å². The van der Waals surface area contributed by atoms with Crippen molar-refractivity contribution in [2.45, 2.75) is 12.5 Å². The van der Waals surface area contributed by atoms with Crippen molar-refractivity contribution in [2.75, 3.05) is 38.2 Å². The number of amides is 2. The van der Waals surface area contributed by atoms with Gasteiger partial charge in [-0.2, -0.15) is 4.48 Å². The van der Waals surface area contributed by atoms with Crippen LogP contribution in [0.3, 0.4) is 0 Å². The second-order valence-electron chi connectivity index (χ2n) is 7.37. The second kappa shape index (κ2) is 7.66. The topological polar surface area (TPSA) is 73.6 Å². The smallest absolute Gasteiger partial charge is 0.314 e. The fourth-order valence-electron chi connectivity index (χ4n) is 4.17. The van der Waals surface area contributed by atoms with E-state index < -0.39 is 6.04 Å². The predicted molar refractivity (Wildman–Crippen MR) is 109 cm³/mol. The van der Waals surface area contributed by atoms with E-state index in [1.165, 1.54) is 4.90 Å². The minimum absolute atomic E-state index is 0.169. The zero-order chi connectivity index (χ0) is 20.4. The number of hydrogen-bond donors (Lipinski definition) is 0. The van der Waals surface area contributed by atoms with Crippen molar-refractivity contribution in [1.82, 2.24) is 9.38 Å². The second-order valence-corrected chi connectivity index (χ2v) is 7.37. The average molecular weight is 391 g/mol. The summed E-state index contributed by atoms with van der Waals surface area (Å²) in [5.74, 6) is 0.281. The lowest BCUT2D eigenvalue weighted by molar-refractivity contribution is -0.123. The molecule has 0 radical (unpaired) electrons. The maximum atomic E-state index is 13.0. The van der Waals surface area contributed by atoms with E-state index in [1.807, 2.05) is 35.2 Å². The molecule has 2 amide bonds. The van der Waals surface area contributed by atoms with E-state index in [0.29, 0.717) is 37.6 Å². The minimum Gasteiger partial charge on any atom is -0.497 e. The summed E-state index contributed by atoms with van der Waals surface area (Å²) in [4.78, 5) is 28.9. The van der Waals surface area contributed by atoms with Gasteiger partial charge in [0, 0.05) is 12.1 Å². The quantitative estimate of drug-likeness (QED) is 0.454. The molecule has 4 rings (SSSR count). The number of rotatable bonds is 4. The number of piperazine rings is 1. The first-order valence-corrected chi connectivity index (χ1v) is 9.67. The van der Waals surface area contributed by atoms with Gasteiger partial charge in [0.1, 0.15) is 24.5 Å². The largest absolute Gasteiger partial charge is 0.497 e. The molecule has 2 aromatic carbocycles. The summed E-state index contributed by atoms with van der Waals surface area (Å²) in [5, 5.41) is 9.84. The summed E-state index contributed by atoms with van der Waals surface area (Å²) in [6, 6.07) is 16.2. The lowest BCUT2D eigenvalue weighted by Crippen LogP contribution is -2.60. The van der Waals surface area contributed by atoms with Crippen molar-refractivity contribution in [1.29, 1.82) is 5.26 Å². The third kappa shape index (κ3) is 3.37. The Kier molecular flexibility index (Phi) is 5.05. The summed E-state index contributed by atoms with van der Waals surface area (Å²) in [6.07, 6.45) is 2.62. The zero-order valence-corrected chi connectivity index (χ0v) is 16.3. The fraction of sp³-hybridized carbons (Fsp3) is 0.318. The number of imide groups is 1. The molecule has 7 heteroatoms. The number of para-hydroxylation sites is 1. The van der Waals surface area contributed by atoms with Gasteiger partial charge in [-0.05, 0) is 24.3 Å². The van der Waals surface area contributed by atoms with Gasteiger partial charge in [0.2, 0.25) is 5.91 Å². The monoisotopic (exact) mass is 391 g/mol. The first-order chi connectivity index (χ1) is 14.1. The average Bonchev–Trinajstić information content (AvgIpc) is 3.08.